The third-order valence-corrected chi connectivity index (χ3v) is 4.84. The molecule has 2 aliphatic rings. The minimum Gasteiger partial charge on any atom is -0.494 e. The molecule has 8 heteroatoms. The van der Waals surface area contributed by atoms with Crippen LogP contribution in [0.25, 0.3) is 0 Å². The lowest BCUT2D eigenvalue weighted by Gasteiger charge is -2.27. The summed E-state index contributed by atoms with van der Waals surface area (Å²) < 4.78 is 10.8. The summed E-state index contributed by atoms with van der Waals surface area (Å²) in [7, 11) is 0. The molecule has 2 heterocycles. The second kappa shape index (κ2) is 9.54. The molecule has 1 unspecified atom stereocenters. The summed E-state index contributed by atoms with van der Waals surface area (Å²) in [5, 5.41) is 12.1. The van der Waals surface area contributed by atoms with E-state index < -0.39 is 6.04 Å². The molecule has 28 heavy (non-hydrogen) atoms. The van der Waals surface area contributed by atoms with Crippen LogP contribution in [0.4, 0.5) is 5.69 Å². The smallest absolute Gasteiger partial charge is 0.302 e. The monoisotopic (exact) mass is 389 g/mol. The Kier molecular flexibility index (Phi) is 6.86. The number of aliphatic imine (C=N–C) groups is 1. The minimum absolute atomic E-state index is 0.222. The Morgan fingerprint density at radius 3 is 2.75 bits per heavy atom. The van der Waals surface area contributed by atoms with Gasteiger partial charge in [-0.2, -0.15) is 0 Å². The summed E-state index contributed by atoms with van der Waals surface area (Å²) in [5.74, 6) is 0.837. The van der Waals surface area contributed by atoms with Gasteiger partial charge in [-0.1, -0.05) is 19.3 Å². The van der Waals surface area contributed by atoms with Gasteiger partial charge in [0, 0.05) is 19.0 Å². The van der Waals surface area contributed by atoms with Crippen LogP contribution < -0.4 is 10.1 Å². The quantitative estimate of drug-likeness (QED) is 0.468. The van der Waals surface area contributed by atoms with E-state index in [1.807, 2.05) is 18.2 Å². The predicted molar refractivity (Wildman–Crippen MR) is 103 cm³/mol. The predicted octanol–water partition coefficient (Wildman–Crippen LogP) is 1.87. The van der Waals surface area contributed by atoms with Crippen molar-refractivity contribution in [1.82, 2.24) is 10.2 Å². The molecule has 2 N–H and O–H groups in total. The Balaban J connectivity index is 1.41. The van der Waals surface area contributed by atoms with Gasteiger partial charge in [-0.25, -0.2) is 4.99 Å². The average Bonchev–Trinajstić information content (AvgIpc) is 2.98. The maximum atomic E-state index is 11.9. The molecule has 2 aliphatic heterocycles. The van der Waals surface area contributed by atoms with Crippen LogP contribution in [0.2, 0.25) is 0 Å². The molecule has 1 saturated heterocycles. The van der Waals surface area contributed by atoms with E-state index in [9.17, 15) is 14.7 Å². The van der Waals surface area contributed by atoms with Gasteiger partial charge in [0.1, 0.15) is 11.8 Å². The molecule has 0 aromatic heterocycles. The van der Waals surface area contributed by atoms with Crippen LogP contribution in [0.1, 0.15) is 44.6 Å². The van der Waals surface area contributed by atoms with Gasteiger partial charge >= 0.3 is 5.97 Å². The number of nitrogens with one attached hydrogen (secondary N) is 1. The maximum absolute atomic E-state index is 11.9. The third-order valence-electron chi connectivity index (χ3n) is 4.84. The van der Waals surface area contributed by atoms with Gasteiger partial charge < -0.3 is 19.5 Å². The summed E-state index contributed by atoms with van der Waals surface area (Å²) >= 11 is 0. The number of carbonyl (C=O) groups is 2. The fourth-order valence-corrected chi connectivity index (χ4v) is 3.34. The van der Waals surface area contributed by atoms with Crippen LogP contribution in [0.15, 0.2) is 23.2 Å². The first-order valence-electron chi connectivity index (χ1n) is 9.74. The molecular formula is C20H27N3O5. The van der Waals surface area contributed by atoms with E-state index >= 15 is 0 Å². The van der Waals surface area contributed by atoms with Gasteiger partial charge in [0.2, 0.25) is 5.96 Å². The second-order valence-electron chi connectivity index (χ2n) is 7.00. The van der Waals surface area contributed by atoms with Gasteiger partial charge in [-0.3, -0.25) is 14.9 Å². The molecule has 0 spiro atoms. The average molecular weight is 389 g/mol. The zero-order valence-electron chi connectivity index (χ0n) is 16.1. The first-order valence-corrected chi connectivity index (χ1v) is 9.74. The number of nitrogens with zero attached hydrogens (tertiary/aromatic N) is 2. The lowest BCUT2D eigenvalue weighted by atomic mass is 10.1. The number of rotatable bonds is 10. The van der Waals surface area contributed by atoms with Crippen molar-refractivity contribution < 1.29 is 24.2 Å². The molecule has 1 fully saturated rings. The Bertz CT molecular complexity index is 749. The molecular weight excluding hydrogens is 362 g/mol. The van der Waals surface area contributed by atoms with E-state index in [0.717, 1.165) is 49.1 Å². The molecule has 0 aliphatic carbocycles. The van der Waals surface area contributed by atoms with Crippen molar-refractivity contribution in [2.24, 2.45) is 4.99 Å². The molecule has 1 aromatic carbocycles. The van der Waals surface area contributed by atoms with Gasteiger partial charge in [0.15, 0.2) is 0 Å². The lowest BCUT2D eigenvalue weighted by Crippen LogP contribution is -2.39. The van der Waals surface area contributed by atoms with Crippen molar-refractivity contribution in [2.75, 3.05) is 19.8 Å². The molecule has 1 amide bonds. The standard InChI is InChI=1S/C20H27N3O5/c1-14(25)27-9-5-3-2-4-6-10-28-16-7-8-17-15(11-16)12-23-18(13-24)19(26)22-20(23)21-17/h7-8,11,18,24H,2-6,9-10,12-13H2,1H3,(H,21,22,26). The number of hydrogen-bond donors (Lipinski definition) is 2. The number of ether oxygens (including phenoxy) is 2. The molecule has 0 bridgehead atoms. The highest BCUT2D eigenvalue weighted by atomic mass is 16.5. The van der Waals surface area contributed by atoms with E-state index in [1.165, 1.54) is 6.92 Å². The van der Waals surface area contributed by atoms with Crippen molar-refractivity contribution in [3.05, 3.63) is 23.8 Å². The Labute approximate surface area is 164 Å². The number of esters is 1. The van der Waals surface area contributed by atoms with Crippen molar-refractivity contribution >= 4 is 23.5 Å². The molecule has 0 saturated carbocycles. The topological polar surface area (TPSA) is 100 Å². The van der Waals surface area contributed by atoms with E-state index in [2.05, 4.69) is 10.3 Å². The first-order chi connectivity index (χ1) is 13.6. The summed E-state index contributed by atoms with van der Waals surface area (Å²) in [6, 6.07) is 5.14. The Hall–Kier alpha value is -2.61. The molecule has 1 atom stereocenters. The fourth-order valence-electron chi connectivity index (χ4n) is 3.34. The third kappa shape index (κ3) is 5.01. The van der Waals surface area contributed by atoms with Crippen LogP contribution in [0.5, 0.6) is 5.75 Å². The van der Waals surface area contributed by atoms with E-state index in [-0.39, 0.29) is 18.5 Å². The van der Waals surface area contributed by atoms with Crippen LogP contribution in [-0.2, 0) is 20.9 Å². The van der Waals surface area contributed by atoms with Gasteiger partial charge in [-0.15, -0.1) is 0 Å². The zero-order valence-corrected chi connectivity index (χ0v) is 16.1. The molecule has 1 aromatic rings. The normalized spacial score (nSPS) is 17.5. The largest absolute Gasteiger partial charge is 0.494 e. The van der Waals surface area contributed by atoms with E-state index in [1.54, 1.807) is 4.90 Å². The molecule has 3 rings (SSSR count). The summed E-state index contributed by atoms with van der Waals surface area (Å²) in [6.07, 6.45) is 5.06. The van der Waals surface area contributed by atoms with Crippen LogP contribution >= 0.6 is 0 Å². The summed E-state index contributed by atoms with van der Waals surface area (Å²) in [5.41, 5.74) is 1.78. The van der Waals surface area contributed by atoms with Gasteiger partial charge in [0.05, 0.1) is 25.5 Å². The maximum Gasteiger partial charge on any atom is 0.302 e. The van der Waals surface area contributed by atoms with Crippen molar-refractivity contribution in [3.8, 4) is 5.75 Å². The highest BCUT2D eigenvalue weighted by Crippen LogP contribution is 2.31. The number of carbonyl (C=O) groups excluding carboxylic acids is 2. The van der Waals surface area contributed by atoms with Crippen molar-refractivity contribution in [1.29, 1.82) is 0 Å². The molecule has 0 radical (unpaired) electrons. The number of hydrogen-bond acceptors (Lipinski definition) is 7. The Morgan fingerprint density at radius 1 is 1.25 bits per heavy atom. The van der Waals surface area contributed by atoms with Crippen LogP contribution in [-0.4, -0.2) is 53.7 Å². The highest BCUT2D eigenvalue weighted by molar-refractivity contribution is 6.07. The summed E-state index contributed by atoms with van der Waals surface area (Å²) in [6.45, 7) is 2.84. The minimum atomic E-state index is -0.586. The zero-order chi connectivity index (χ0) is 19.9. The number of amides is 1. The van der Waals surface area contributed by atoms with Gasteiger partial charge in [-0.05, 0) is 31.0 Å². The number of guanidine groups is 1. The highest BCUT2D eigenvalue weighted by Gasteiger charge is 2.38. The summed E-state index contributed by atoms with van der Waals surface area (Å²) in [4.78, 5) is 28.8. The second-order valence-corrected chi connectivity index (χ2v) is 7.00. The van der Waals surface area contributed by atoms with Crippen molar-refractivity contribution in [3.63, 3.8) is 0 Å². The van der Waals surface area contributed by atoms with Gasteiger partial charge in [0.25, 0.3) is 5.91 Å². The fraction of sp³-hybridized carbons (Fsp3) is 0.550. The number of unbranched alkanes of at least 4 members (excludes halogenated alkanes) is 4. The molecule has 8 nitrogen and oxygen atoms in total. The Morgan fingerprint density at radius 2 is 2.00 bits per heavy atom. The van der Waals surface area contributed by atoms with E-state index in [4.69, 9.17) is 9.47 Å². The number of benzene rings is 1. The number of aliphatic hydroxyl groups excluding tert-OH is 1. The number of aliphatic hydroxyl groups is 1. The van der Waals surface area contributed by atoms with Crippen molar-refractivity contribution in [2.45, 2.75) is 51.6 Å². The van der Waals surface area contributed by atoms with E-state index in [0.29, 0.717) is 25.7 Å². The number of fused-ring (bicyclic) bond motifs is 2. The SMILES string of the molecule is CC(=O)OCCCCCCCOc1ccc2c(c1)CN1C(=N2)NC(=O)C1CO. The van der Waals surface area contributed by atoms with Crippen LogP contribution in [0.3, 0.4) is 0 Å². The molecule has 152 valence electrons. The first kappa shape index (κ1) is 20.1. The lowest BCUT2D eigenvalue weighted by molar-refractivity contribution is -0.141. The van der Waals surface area contributed by atoms with Crippen LogP contribution in [0, 0.1) is 0 Å².